The second-order valence-electron chi connectivity index (χ2n) is 7.00. The fourth-order valence-electron chi connectivity index (χ4n) is 3.42. The molecule has 1 aliphatic rings. The maximum absolute atomic E-state index is 13.1. The number of ether oxygens (including phenoxy) is 1. The van der Waals surface area contributed by atoms with E-state index >= 15 is 0 Å². The number of halogens is 1. The van der Waals surface area contributed by atoms with Crippen molar-refractivity contribution in [2.24, 2.45) is 5.92 Å². The van der Waals surface area contributed by atoms with Crippen LogP contribution in [0.1, 0.15) is 12.8 Å². The molecule has 1 aliphatic heterocycles. The van der Waals surface area contributed by atoms with Crippen molar-refractivity contribution < 1.29 is 22.3 Å². The molecule has 1 N–H and O–H groups in total. The molecule has 2 heterocycles. The molecule has 7 nitrogen and oxygen atoms in total. The van der Waals surface area contributed by atoms with Crippen LogP contribution in [-0.2, 0) is 14.8 Å². The molecule has 0 aliphatic carbocycles. The Bertz CT molecular complexity index is 1180. The second-order valence-corrected chi connectivity index (χ2v) is 9.97. The Balaban J connectivity index is 1.47. The van der Waals surface area contributed by atoms with Crippen LogP contribution in [0.5, 0.6) is 5.75 Å². The van der Waals surface area contributed by atoms with E-state index in [2.05, 4.69) is 10.3 Å². The highest BCUT2D eigenvalue weighted by Crippen LogP contribution is 2.30. The number of hydrogen-bond donors (Lipinski definition) is 1. The van der Waals surface area contributed by atoms with E-state index in [1.165, 1.54) is 27.8 Å². The van der Waals surface area contributed by atoms with Gasteiger partial charge in [0.05, 0.1) is 28.1 Å². The quantitative estimate of drug-likeness (QED) is 0.644. The summed E-state index contributed by atoms with van der Waals surface area (Å²) in [5.74, 6) is -0.549. The highest BCUT2D eigenvalue weighted by Gasteiger charge is 2.33. The molecule has 158 valence electrons. The van der Waals surface area contributed by atoms with E-state index in [1.54, 1.807) is 13.2 Å². The number of nitrogens with zero attached hydrogens (tertiary/aromatic N) is 2. The average Bonchev–Trinajstić information content (AvgIpc) is 3.15. The number of benzene rings is 2. The molecule has 0 bridgehead atoms. The molecule has 0 radical (unpaired) electrons. The summed E-state index contributed by atoms with van der Waals surface area (Å²) in [7, 11) is -2.20. The van der Waals surface area contributed by atoms with Gasteiger partial charge in [-0.25, -0.2) is 17.8 Å². The normalized spacial score (nSPS) is 17.7. The van der Waals surface area contributed by atoms with Crippen LogP contribution in [0.25, 0.3) is 10.2 Å². The van der Waals surface area contributed by atoms with Gasteiger partial charge in [0.25, 0.3) is 0 Å². The van der Waals surface area contributed by atoms with E-state index in [4.69, 9.17) is 4.74 Å². The molecular weight excluding hydrogens is 429 g/mol. The van der Waals surface area contributed by atoms with Crippen molar-refractivity contribution >= 4 is 42.6 Å². The second kappa shape index (κ2) is 8.29. The molecule has 30 heavy (non-hydrogen) atoms. The van der Waals surface area contributed by atoms with Gasteiger partial charge in [0, 0.05) is 13.1 Å². The summed E-state index contributed by atoms with van der Waals surface area (Å²) >= 11 is 1.33. The van der Waals surface area contributed by atoms with Crippen LogP contribution in [0.2, 0.25) is 0 Å². The van der Waals surface area contributed by atoms with Crippen molar-refractivity contribution in [2.75, 3.05) is 25.5 Å². The van der Waals surface area contributed by atoms with Gasteiger partial charge in [0.1, 0.15) is 11.6 Å². The zero-order valence-electron chi connectivity index (χ0n) is 16.2. The minimum Gasteiger partial charge on any atom is -0.497 e. The van der Waals surface area contributed by atoms with Gasteiger partial charge in [-0.1, -0.05) is 11.3 Å². The van der Waals surface area contributed by atoms with E-state index in [1.807, 2.05) is 12.1 Å². The number of piperidine rings is 1. The van der Waals surface area contributed by atoms with Crippen molar-refractivity contribution in [3.05, 3.63) is 48.3 Å². The van der Waals surface area contributed by atoms with E-state index in [-0.39, 0.29) is 17.3 Å². The number of anilines is 1. The third-order valence-electron chi connectivity index (χ3n) is 5.03. The monoisotopic (exact) mass is 449 g/mol. The fourth-order valence-corrected chi connectivity index (χ4v) is 5.84. The van der Waals surface area contributed by atoms with Gasteiger partial charge in [0.2, 0.25) is 15.9 Å². The topological polar surface area (TPSA) is 88.6 Å². The lowest BCUT2D eigenvalue weighted by molar-refractivity contribution is -0.120. The lowest BCUT2D eigenvalue weighted by atomic mass is 9.99. The van der Waals surface area contributed by atoms with Crippen molar-refractivity contribution in [1.29, 1.82) is 0 Å². The minimum absolute atomic E-state index is 0.0186. The Hall–Kier alpha value is -2.56. The largest absolute Gasteiger partial charge is 0.497 e. The van der Waals surface area contributed by atoms with Crippen LogP contribution in [-0.4, -0.2) is 43.8 Å². The zero-order valence-corrected chi connectivity index (χ0v) is 17.8. The molecule has 1 fully saturated rings. The lowest BCUT2D eigenvalue weighted by Crippen LogP contribution is -2.43. The van der Waals surface area contributed by atoms with Crippen LogP contribution in [0.3, 0.4) is 0 Å². The molecule has 0 spiro atoms. The lowest BCUT2D eigenvalue weighted by Gasteiger charge is -2.31. The summed E-state index contributed by atoms with van der Waals surface area (Å²) in [5, 5.41) is 3.27. The molecule has 3 aromatic rings. The van der Waals surface area contributed by atoms with Gasteiger partial charge in [-0.2, -0.15) is 4.31 Å². The number of fused-ring (bicyclic) bond motifs is 1. The van der Waals surface area contributed by atoms with Crippen molar-refractivity contribution in [2.45, 2.75) is 17.7 Å². The number of thiazole rings is 1. The Morgan fingerprint density at radius 3 is 2.77 bits per heavy atom. The Morgan fingerprint density at radius 1 is 1.27 bits per heavy atom. The molecule has 1 atom stereocenters. The Kier molecular flexibility index (Phi) is 5.72. The molecule has 1 aromatic heterocycles. The summed E-state index contributed by atoms with van der Waals surface area (Å²) in [6.07, 6.45) is 1.15. The number of nitrogens with one attached hydrogen (secondary N) is 1. The molecule has 1 unspecified atom stereocenters. The first-order valence-electron chi connectivity index (χ1n) is 9.38. The fraction of sp³-hybridized carbons (Fsp3) is 0.300. The average molecular weight is 450 g/mol. The van der Waals surface area contributed by atoms with Gasteiger partial charge >= 0.3 is 0 Å². The first kappa shape index (κ1) is 20.7. The zero-order chi connectivity index (χ0) is 21.3. The number of carbonyl (C=O) groups excluding carboxylic acids is 1. The molecular formula is C20H20FN3O4S2. The number of hydrogen-bond acceptors (Lipinski definition) is 6. The molecule has 4 rings (SSSR count). The molecule has 1 amide bonds. The van der Waals surface area contributed by atoms with Crippen molar-refractivity contribution in [1.82, 2.24) is 9.29 Å². The highest BCUT2D eigenvalue weighted by molar-refractivity contribution is 7.89. The summed E-state index contributed by atoms with van der Waals surface area (Å²) < 4.78 is 46.2. The van der Waals surface area contributed by atoms with Crippen molar-refractivity contribution in [3.63, 3.8) is 0 Å². The van der Waals surface area contributed by atoms with Gasteiger partial charge in [-0.3, -0.25) is 4.79 Å². The van der Waals surface area contributed by atoms with Crippen LogP contribution in [0.15, 0.2) is 47.4 Å². The predicted octanol–water partition coefficient (Wildman–Crippen LogP) is 3.48. The van der Waals surface area contributed by atoms with E-state index in [0.717, 1.165) is 22.3 Å². The third kappa shape index (κ3) is 4.16. The predicted molar refractivity (Wildman–Crippen MR) is 113 cm³/mol. The molecule has 0 saturated carbocycles. The number of rotatable bonds is 5. The van der Waals surface area contributed by atoms with E-state index in [0.29, 0.717) is 30.3 Å². The summed E-state index contributed by atoms with van der Waals surface area (Å²) in [6, 6.07) is 10.2. The van der Waals surface area contributed by atoms with Gasteiger partial charge in [-0.15, -0.1) is 0 Å². The number of amides is 1. The summed E-state index contributed by atoms with van der Waals surface area (Å²) in [6.45, 7) is 0.398. The smallest absolute Gasteiger partial charge is 0.243 e. The van der Waals surface area contributed by atoms with Crippen LogP contribution >= 0.6 is 11.3 Å². The molecule has 1 saturated heterocycles. The number of sulfonamides is 1. The number of methoxy groups -OCH3 is 1. The van der Waals surface area contributed by atoms with Gasteiger partial charge in [-0.05, 0) is 55.3 Å². The standard InChI is InChI=1S/C20H20FN3O4S2/c1-28-15-6-9-17-18(11-15)29-20(22-17)23-19(25)13-3-2-10-24(12-13)30(26,27)16-7-4-14(21)5-8-16/h4-9,11,13H,2-3,10,12H2,1H3,(H,22,23,25). The first-order valence-corrected chi connectivity index (χ1v) is 11.6. The summed E-state index contributed by atoms with van der Waals surface area (Å²) in [5.41, 5.74) is 0.750. The minimum atomic E-state index is -3.79. The van der Waals surface area contributed by atoms with Crippen LogP contribution in [0.4, 0.5) is 9.52 Å². The Morgan fingerprint density at radius 2 is 2.03 bits per heavy atom. The van der Waals surface area contributed by atoms with Gasteiger partial charge < -0.3 is 10.1 Å². The van der Waals surface area contributed by atoms with Crippen LogP contribution in [0, 0.1) is 11.7 Å². The third-order valence-corrected chi connectivity index (χ3v) is 7.85. The van der Waals surface area contributed by atoms with Crippen LogP contribution < -0.4 is 10.1 Å². The maximum atomic E-state index is 13.1. The Labute approximate surface area is 177 Å². The van der Waals surface area contributed by atoms with Gasteiger partial charge in [0.15, 0.2) is 5.13 Å². The van der Waals surface area contributed by atoms with E-state index < -0.39 is 21.8 Å². The molecule has 10 heteroatoms. The summed E-state index contributed by atoms with van der Waals surface area (Å²) in [4.78, 5) is 17.2. The number of aromatic nitrogens is 1. The van der Waals surface area contributed by atoms with Crippen molar-refractivity contribution in [3.8, 4) is 5.75 Å². The van der Waals surface area contributed by atoms with E-state index in [9.17, 15) is 17.6 Å². The number of carbonyl (C=O) groups is 1. The first-order chi connectivity index (χ1) is 14.4. The molecule has 2 aromatic carbocycles. The maximum Gasteiger partial charge on any atom is 0.243 e. The SMILES string of the molecule is COc1ccc2nc(NC(=O)C3CCCN(S(=O)(=O)c4ccc(F)cc4)C3)sc2c1. The highest BCUT2D eigenvalue weighted by atomic mass is 32.2.